The second-order valence-corrected chi connectivity index (χ2v) is 6.03. The van der Waals surface area contributed by atoms with Gasteiger partial charge < -0.3 is 15.4 Å². The first-order valence-electron chi connectivity index (χ1n) is 7.61. The van der Waals surface area contributed by atoms with Crippen LogP contribution in [0.3, 0.4) is 0 Å². The SMILES string of the molecule is CC(C)Oc1ccc(C(=O)N2C[C@H](C(N)=O)CC[C@H]2C)cn1. The number of likely N-dealkylation sites (tertiary alicyclic amines) is 1. The number of ether oxygens (including phenoxy) is 1. The van der Waals surface area contributed by atoms with Gasteiger partial charge in [-0.3, -0.25) is 9.59 Å². The van der Waals surface area contributed by atoms with Gasteiger partial charge >= 0.3 is 0 Å². The van der Waals surface area contributed by atoms with Crippen LogP contribution in [0.25, 0.3) is 0 Å². The molecule has 6 heteroatoms. The van der Waals surface area contributed by atoms with Gasteiger partial charge in [0.15, 0.2) is 0 Å². The molecule has 2 N–H and O–H groups in total. The Kier molecular flexibility index (Phi) is 5.00. The average molecular weight is 305 g/mol. The topological polar surface area (TPSA) is 85.5 Å². The van der Waals surface area contributed by atoms with Crippen molar-refractivity contribution in [1.29, 1.82) is 0 Å². The molecule has 0 unspecified atom stereocenters. The van der Waals surface area contributed by atoms with Crippen LogP contribution in [0.4, 0.5) is 0 Å². The van der Waals surface area contributed by atoms with Crippen molar-refractivity contribution in [2.75, 3.05) is 6.54 Å². The Balaban J connectivity index is 2.10. The molecule has 2 atom stereocenters. The zero-order valence-electron chi connectivity index (χ0n) is 13.3. The van der Waals surface area contributed by atoms with Gasteiger partial charge in [-0.2, -0.15) is 0 Å². The molecule has 22 heavy (non-hydrogen) atoms. The van der Waals surface area contributed by atoms with Gasteiger partial charge in [0.25, 0.3) is 5.91 Å². The molecule has 0 aromatic carbocycles. The van der Waals surface area contributed by atoms with E-state index in [0.717, 1.165) is 12.8 Å². The summed E-state index contributed by atoms with van der Waals surface area (Å²) < 4.78 is 5.47. The van der Waals surface area contributed by atoms with Crippen molar-refractivity contribution in [1.82, 2.24) is 9.88 Å². The van der Waals surface area contributed by atoms with E-state index in [1.54, 1.807) is 17.0 Å². The van der Waals surface area contributed by atoms with Crippen LogP contribution in [0.5, 0.6) is 5.88 Å². The van der Waals surface area contributed by atoms with E-state index >= 15 is 0 Å². The van der Waals surface area contributed by atoms with E-state index in [2.05, 4.69) is 4.98 Å². The Hall–Kier alpha value is -2.11. The van der Waals surface area contributed by atoms with Crippen molar-refractivity contribution in [3.8, 4) is 5.88 Å². The fourth-order valence-electron chi connectivity index (χ4n) is 2.61. The van der Waals surface area contributed by atoms with Crippen LogP contribution in [0.1, 0.15) is 44.0 Å². The number of aromatic nitrogens is 1. The summed E-state index contributed by atoms with van der Waals surface area (Å²) in [6, 6.07) is 3.48. The molecule has 1 aliphatic rings. The van der Waals surface area contributed by atoms with Gasteiger partial charge in [-0.1, -0.05) is 0 Å². The molecule has 1 saturated heterocycles. The Morgan fingerprint density at radius 2 is 2.09 bits per heavy atom. The number of rotatable bonds is 4. The minimum absolute atomic E-state index is 0.0347. The van der Waals surface area contributed by atoms with Gasteiger partial charge in [-0.05, 0) is 39.7 Å². The summed E-state index contributed by atoms with van der Waals surface area (Å²) in [6.07, 6.45) is 3.06. The molecule has 0 spiro atoms. The summed E-state index contributed by atoms with van der Waals surface area (Å²) in [5, 5.41) is 0. The molecular weight excluding hydrogens is 282 g/mol. The maximum atomic E-state index is 12.6. The minimum atomic E-state index is -0.344. The van der Waals surface area contributed by atoms with Crippen molar-refractivity contribution in [3.63, 3.8) is 0 Å². The number of nitrogens with two attached hydrogens (primary N) is 1. The Bertz CT molecular complexity index is 542. The number of carbonyl (C=O) groups is 2. The number of piperidine rings is 1. The lowest BCUT2D eigenvalue weighted by Gasteiger charge is -2.36. The first-order chi connectivity index (χ1) is 10.4. The molecule has 6 nitrogen and oxygen atoms in total. The Labute approximate surface area is 130 Å². The highest BCUT2D eigenvalue weighted by Gasteiger charge is 2.32. The van der Waals surface area contributed by atoms with E-state index in [-0.39, 0.29) is 29.9 Å². The van der Waals surface area contributed by atoms with Crippen molar-refractivity contribution < 1.29 is 14.3 Å². The molecule has 0 bridgehead atoms. The van der Waals surface area contributed by atoms with Gasteiger partial charge in [-0.25, -0.2) is 4.98 Å². The van der Waals surface area contributed by atoms with E-state index < -0.39 is 0 Å². The molecule has 1 aromatic heterocycles. The number of carbonyl (C=O) groups excluding carboxylic acids is 2. The summed E-state index contributed by atoms with van der Waals surface area (Å²) >= 11 is 0. The van der Waals surface area contributed by atoms with Crippen LogP contribution >= 0.6 is 0 Å². The largest absolute Gasteiger partial charge is 0.475 e. The number of nitrogens with zero attached hydrogens (tertiary/aromatic N) is 2. The number of pyridine rings is 1. The highest BCUT2D eigenvalue weighted by atomic mass is 16.5. The van der Waals surface area contributed by atoms with Gasteiger partial charge in [0.05, 0.1) is 17.6 Å². The average Bonchev–Trinajstić information content (AvgIpc) is 2.47. The summed E-state index contributed by atoms with van der Waals surface area (Å²) in [5.41, 5.74) is 5.87. The van der Waals surface area contributed by atoms with Crippen LogP contribution in [-0.4, -0.2) is 40.4 Å². The van der Waals surface area contributed by atoms with Gasteiger partial charge in [0.1, 0.15) is 0 Å². The van der Waals surface area contributed by atoms with Crippen molar-refractivity contribution in [3.05, 3.63) is 23.9 Å². The summed E-state index contributed by atoms with van der Waals surface area (Å²) in [4.78, 5) is 29.8. The molecule has 0 radical (unpaired) electrons. The van der Waals surface area contributed by atoms with Crippen LogP contribution in [0.2, 0.25) is 0 Å². The van der Waals surface area contributed by atoms with E-state index in [1.165, 1.54) is 6.20 Å². The fraction of sp³-hybridized carbons (Fsp3) is 0.562. The van der Waals surface area contributed by atoms with Crippen LogP contribution in [-0.2, 0) is 4.79 Å². The standard InChI is InChI=1S/C16H23N3O3/c1-10(2)22-14-7-6-12(8-18-14)16(21)19-9-13(15(17)20)5-4-11(19)3/h6-8,10-11,13H,4-5,9H2,1-3H3,(H2,17,20)/t11-,13-/m1/s1. The lowest BCUT2D eigenvalue weighted by Crippen LogP contribution is -2.48. The molecule has 1 aliphatic heterocycles. The molecular formula is C16H23N3O3. The normalized spacial score (nSPS) is 21.7. The van der Waals surface area contributed by atoms with Crippen LogP contribution in [0.15, 0.2) is 18.3 Å². The smallest absolute Gasteiger partial charge is 0.255 e. The predicted molar refractivity (Wildman–Crippen MR) is 82.4 cm³/mol. The number of amides is 2. The molecule has 2 heterocycles. The van der Waals surface area contributed by atoms with Gasteiger partial charge in [0.2, 0.25) is 11.8 Å². The Morgan fingerprint density at radius 1 is 1.36 bits per heavy atom. The fourth-order valence-corrected chi connectivity index (χ4v) is 2.61. The third-order valence-corrected chi connectivity index (χ3v) is 3.89. The maximum absolute atomic E-state index is 12.6. The minimum Gasteiger partial charge on any atom is -0.475 e. The first-order valence-corrected chi connectivity index (χ1v) is 7.61. The van der Waals surface area contributed by atoms with Gasteiger partial charge in [-0.15, -0.1) is 0 Å². The van der Waals surface area contributed by atoms with Crippen molar-refractivity contribution in [2.24, 2.45) is 11.7 Å². The first kappa shape index (κ1) is 16.3. The third kappa shape index (κ3) is 3.75. The molecule has 2 rings (SSSR count). The van der Waals surface area contributed by atoms with Crippen LogP contribution in [0, 0.1) is 5.92 Å². The monoisotopic (exact) mass is 305 g/mol. The molecule has 1 aromatic rings. The van der Waals surface area contributed by atoms with E-state index in [1.807, 2.05) is 20.8 Å². The van der Waals surface area contributed by atoms with Crippen molar-refractivity contribution >= 4 is 11.8 Å². The summed E-state index contributed by atoms with van der Waals surface area (Å²) in [6.45, 7) is 6.19. The van der Waals surface area contributed by atoms with E-state index in [0.29, 0.717) is 18.0 Å². The maximum Gasteiger partial charge on any atom is 0.255 e. The second kappa shape index (κ2) is 6.77. The Morgan fingerprint density at radius 3 is 2.64 bits per heavy atom. The van der Waals surface area contributed by atoms with E-state index in [4.69, 9.17) is 10.5 Å². The second-order valence-electron chi connectivity index (χ2n) is 6.03. The van der Waals surface area contributed by atoms with E-state index in [9.17, 15) is 9.59 Å². The number of primary amides is 1. The molecule has 0 saturated carbocycles. The zero-order chi connectivity index (χ0) is 16.3. The number of hydrogen-bond acceptors (Lipinski definition) is 4. The number of hydrogen-bond donors (Lipinski definition) is 1. The third-order valence-electron chi connectivity index (χ3n) is 3.89. The lowest BCUT2D eigenvalue weighted by atomic mass is 9.92. The molecule has 0 aliphatic carbocycles. The van der Waals surface area contributed by atoms with Crippen LogP contribution < -0.4 is 10.5 Å². The van der Waals surface area contributed by atoms with Gasteiger partial charge in [0, 0.05) is 24.8 Å². The summed E-state index contributed by atoms with van der Waals surface area (Å²) in [5.74, 6) is -0.240. The highest BCUT2D eigenvalue weighted by molar-refractivity contribution is 5.94. The van der Waals surface area contributed by atoms with Crippen molar-refractivity contribution in [2.45, 2.75) is 45.8 Å². The molecule has 1 fully saturated rings. The predicted octanol–water partition coefficient (Wildman–Crippen LogP) is 1.59. The summed E-state index contributed by atoms with van der Waals surface area (Å²) in [7, 11) is 0. The quantitative estimate of drug-likeness (QED) is 0.915. The zero-order valence-corrected chi connectivity index (χ0v) is 13.3. The molecule has 2 amide bonds. The lowest BCUT2D eigenvalue weighted by molar-refractivity contribution is -0.123. The molecule has 120 valence electrons. The highest BCUT2D eigenvalue weighted by Crippen LogP contribution is 2.23.